The summed E-state index contributed by atoms with van der Waals surface area (Å²) in [5.74, 6) is -1.39. The van der Waals surface area contributed by atoms with Gasteiger partial charge in [0, 0.05) is 11.1 Å². The number of hydrogen-bond donors (Lipinski definition) is 1. The predicted octanol–water partition coefficient (Wildman–Crippen LogP) is 1.62. The van der Waals surface area contributed by atoms with Crippen molar-refractivity contribution in [2.75, 3.05) is 6.54 Å². The highest BCUT2D eigenvalue weighted by molar-refractivity contribution is 6.32. The Morgan fingerprint density at radius 2 is 2.00 bits per heavy atom. The van der Waals surface area contributed by atoms with Crippen LogP contribution in [0.1, 0.15) is 19.4 Å². The maximum atomic E-state index is 12.3. The molecule has 0 spiro atoms. The van der Waals surface area contributed by atoms with Gasteiger partial charge in [-0.05, 0) is 31.6 Å². The summed E-state index contributed by atoms with van der Waals surface area (Å²) in [6.07, 6.45) is 2.88. The molecule has 110 valence electrons. The number of carbonyl (C=O) groups is 3. The molecule has 0 saturated carbocycles. The van der Waals surface area contributed by atoms with Gasteiger partial charge in [-0.1, -0.05) is 29.8 Å². The Morgan fingerprint density at radius 1 is 1.33 bits per heavy atom. The van der Waals surface area contributed by atoms with Gasteiger partial charge < -0.3 is 4.90 Å². The van der Waals surface area contributed by atoms with Crippen LogP contribution in [0.15, 0.2) is 30.3 Å². The lowest BCUT2D eigenvalue weighted by Crippen LogP contribution is -2.65. The van der Waals surface area contributed by atoms with Gasteiger partial charge in [0.05, 0.1) is 0 Å². The van der Waals surface area contributed by atoms with E-state index in [-0.39, 0.29) is 6.54 Å². The van der Waals surface area contributed by atoms with Gasteiger partial charge in [0.15, 0.2) is 0 Å². The van der Waals surface area contributed by atoms with Gasteiger partial charge in [0.1, 0.15) is 12.1 Å². The van der Waals surface area contributed by atoms with Crippen LogP contribution in [0.25, 0.3) is 6.08 Å². The molecule has 3 amide bonds. The molecule has 1 N–H and O–H groups in total. The van der Waals surface area contributed by atoms with Gasteiger partial charge in [-0.3, -0.25) is 19.7 Å². The second kappa shape index (κ2) is 5.69. The zero-order chi connectivity index (χ0) is 15.6. The molecule has 5 nitrogen and oxygen atoms in total. The molecule has 1 aliphatic rings. The minimum atomic E-state index is -1.07. The molecule has 1 aromatic rings. The molecule has 1 heterocycles. The van der Waals surface area contributed by atoms with Crippen LogP contribution in [0.4, 0.5) is 0 Å². The maximum absolute atomic E-state index is 12.3. The molecular weight excluding hydrogens is 292 g/mol. The summed E-state index contributed by atoms with van der Waals surface area (Å²) in [4.78, 5) is 36.7. The van der Waals surface area contributed by atoms with E-state index >= 15 is 0 Å². The number of nitrogens with one attached hydrogen (secondary N) is 1. The molecule has 21 heavy (non-hydrogen) atoms. The van der Waals surface area contributed by atoms with Crippen LogP contribution in [-0.4, -0.2) is 34.7 Å². The average molecular weight is 307 g/mol. The summed E-state index contributed by atoms with van der Waals surface area (Å²) >= 11 is 6.00. The fraction of sp³-hybridized carbons (Fsp3) is 0.267. The van der Waals surface area contributed by atoms with Crippen molar-refractivity contribution in [3.8, 4) is 0 Å². The van der Waals surface area contributed by atoms with Crippen LogP contribution in [0.5, 0.6) is 0 Å². The molecule has 0 atom stereocenters. The van der Waals surface area contributed by atoms with Crippen molar-refractivity contribution in [3.05, 3.63) is 40.9 Å². The molecule has 0 aliphatic carbocycles. The number of halogens is 1. The molecule has 1 aliphatic heterocycles. The molecule has 0 aromatic heterocycles. The third kappa shape index (κ3) is 3.13. The lowest BCUT2D eigenvalue weighted by atomic mass is 9.98. The fourth-order valence-electron chi connectivity index (χ4n) is 2.00. The number of amides is 3. The second-order valence-electron chi connectivity index (χ2n) is 5.22. The first kappa shape index (κ1) is 15.3. The number of imide groups is 1. The first-order valence-corrected chi connectivity index (χ1v) is 6.78. The van der Waals surface area contributed by atoms with E-state index in [0.29, 0.717) is 10.6 Å². The highest BCUT2D eigenvalue weighted by atomic mass is 35.5. The van der Waals surface area contributed by atoms with E-state index in [9.17, 15) is 14.4 Å². The lowest BCUT2D eigenvalue weighted by molar-refractivity contribution is -0.153. The van der Waals surface area contributed by atoms with Gasteiger partial charge >= 0.3 is 0 Å². The van der Waals surface area contributed by atoms with Crippen LogP contribution in [0, 0.1) is 0 Å². The summed E-state index contributed by atoms with van der Waals surface area (Å²) in [7, 11) is 0. The number of hydrogen-bond acceptors (Lipinski definition) is 3. The van der Waals surface area contributed by atoms with E-state index in [2.05, 4.69) is 5.32 Å². The normalized spacial score (nSPS) is 18.0. The van der Waals surface area contributed by atoms with Crippen LogP contribution < -0.4 is 5.32 Å². The van der Waals surface area contributed by atoms with Crippen LogP contribution >= 0.6 is 11.6 Å². The van der Waals surface area contributed by atoms with E-state index < -0.39 is 23.3 Å². The Hall–Kier alpha value is -2.14. The number of carbonyl (C=O) groups excluding carboxylic acids is 3. The van der Waals surface area contributed by atoms with Crippen molar-refractivity contribution in [2.45, 2.75) is 19.4 Å². The van der Waals surface area contributed by atoms with Gasteiger partial charge in [0.25, 0.3) is 5.91 Å². The summed E-state index contributed by atoms with van der Waals surface area (Å²) in [5, 5.41) is 2.74. The monoisotopic (exact) mass is 306 g/mol. The smallest absolute Gasteiger partial charge is 0.252 e. The first-order chi connectivity index (χ1) is 9.82. The predicted molar refractivity (Wildman–Crippen MR) is 79.4 cm³/mol. The molecular formula is C15H15ClN2O3. The van der Waals surface area contributed by atoms with Crippen molar-refractivity contribution in [1.82, 2.24) is 10.2 Å². The van der Waals surface area contributed by atoms with Crippen molar-refractivity contribution >= 4 is 35.4 Å². The third-order valence-electron chi connectivity index (χ3n) is 3.36. The Balaban J connectivity index is 2.21. The Labute approximate surface area is 127 Å². The molecule has 2 rings (SSSR count). The maximum Gasteiger partial charge on any atom is 0.252 e. The van der Waals surface area contributed by atoms with Crippen LogP contribution in [0.2, 0.25) is 5.02 Å². The van der Waals surface area contributed by atoms with Crippen LogP contribution in [-0.2, 0) is 14.4 Å². The quantitative estimate of drug-likeness (QED) is 0.667. The third-order valence-corrected chi connectivity index (χ3v) is 3.71. The molecule has 0 unspecified atom stereocenters. The van der Waals surface area contributed by atoms with Gasteiger partial charge in [0.2, 0.25) is 11.8 Å². The molecule has 1 saturated heterocycles. The highest BCUT2D eigenvalue weighted by Crippen LogP contribution is 2.20. The fourth-order valence-corrected chi connectivity index (χ4v) is 2.20. The van der Waals surface area contributed by atoms with Gasteiger partial charge in [-0.15, -0.1) is 0 Å². The van der Waals surface area contributed by atoms with E-state index in [1.165, 1.54) is 11.0 Å². The topological polar surface area (TPSA) is 66.5 Å². The largest absolute Gasteiger partial charge is 0.316 e. The molecule has 0 bridgehead atoms. The minimum absolute atomic E-state index is 0.148. The van der Waals surface area contributed by atoms with E-state index in [1.54, 1.807) is 44.2 Å². The van der Waals surface area contributed by atoms with Crippen molar-refractivity contribution in [1.29, 1.82) is 0 Å². The Kier molecular flexibility index (Phi) is 4.14. The number of nitrogens with zero attached hydrogens (tertiary/aromatic N) is 1. The highest BCUT2D eigenvalue weighted by Gasteiger charge is 2.42. The minimum Gasteiger partial charge on any atom is -0.316 e. The summed E-state index contributed by atoms with van der Waals surface area (Å²) in [5.41, 5.74) is -0.381. The van der Waals surface area contributed by atoms with Crippen molar-refractivity contribution in [3.63, 3.8) is 0 Å². The molecule has 1 aromatic carbocycles. The second-order valence-corrected chi connectivity index (χ2v) is 5.62. The van der Waals surface area contributed by atoms with Gasteiger partial charge in [-0.2, -0.15) is 0 Å². The average Bonchev–Trinajstić information content (AvgIpc) is 2.42. The molecule has 0 radical (unpaired) electrons. The van der Waals surface area contributed by atoms with E-state index in [1.807, 2.05) is 0 Å². The van der Waals surface area contributed by atoms with Crippen LogP contribution in [0.3, 0.4) is 0 Å². The number of benzene rings is 1. The van der Waals surface area contributed by atoms with Gasteiger partial charge in [-0.25, -0.2) is 0 Å². The summed E-state index contributed by atoms with van der Waals surface area (Å²) < 4.78 is 0. The lowest BCUT2D eigenvalue weighted by Gasteiger charge is -2.39. The van der Waals surface area contributed by atoms with Crippen molar-refractivity contribution in [2.24, 2.45) is 0 Å². The zero-order valence-electron chi connectivity index (χ0n) is 11.7. The number of piperazine rings is 1. The molecule has 1 fully saturated rings. The SMILES string of the molecule is CC1(C)C(=O)NC(=O)CN1C(=O)C=Cc1ccccc1Cl. The Morgan fingerprint density at radius 3 is 2.67 bits per heavy atom. The first-order valence-electron chi connectivity index (χ1n) is 6.41. The summed E-state index contributed by atoms with van der Waals surface area (Å²) in [6.45, 7) is 3.04. The number of rotatable bonds is 2. The Bertz CT molecular complexity index is 638. The standard InChI is InChI=1S/C15H15ClN2O3/c1-15(2)14(21)17-12(19)9-18(15)13(20)8-7-10-5-3-4-6-11(10)16/h3-8H,9H2,1-2H3,(H,17,19,21). The van der Waals surface area contributed by atoms with Crippen molar-refractivity contribution < 1.29 is 14.4 Å². The van der Waals surface area contributed by atoms with E-state index in [0.717, 1.165) is 0 Å². The zero-order valence-corrected chi connectivity index (χ0v) is 12.5. The van der Waals surface area contributed by atoms with E-state index in [4.69, 9.17) is 11.6 Å². The summed E-state index contributed by atoms with van der Waals surface area (Å²) in [6, 6.07) is 7.08. The molecule has 6 heteroatoms.